The molecular weight excluding hydrogens is 204 g/mol. The Labute approximate surface area is 89.8 Å². The first-order valence-corrected chi connectivity index (χ1v) is 4.64. The predicted octanol–water partition coefficient (Wildman–Crippen LogP) is -2.56. The molecular formula is C9H20O6. The van der Waals surface area contributed by atoms with Gasteiger partial charge in [0.25, 0.3) is 0 Å². The molecule has 5 atom stereocenters. The minimum absolute atomic E-state index is 0.786. The van der Waals surface area contributed by atoms with E-state index in [1.165, 1.54) is 13.8 Å². The topological polar surface area (TPSA) is 121 Å². The van der Waals surface area contributed by atoms with E-state index in [9.17, 15) is 20.4 Å². The Hall–Kier alpha value is -0.240. The summed E-state index contributed by atoms with van der Waals surface area (Å²) in [6.45, 7) is 1.86. The van der Waals surface area contributed by atoms with Crippen LogP contribution < -0.4 is 0 Å². The van der Waals surface area contributed by atoms with Crippen molar-refractivity contribution < 1.29 is 32.0 Å². The zero-order valence-electron chi connectivity index (χ0n) is 9.78. The Morgan fingerprint density at radius 2 is 1.27 bits per heavy atom. The summed E-state index contributed by atoms with van der Waals surface area (Å²) in [6, 6.07) is 0. The molecule has 0 aromatic rings. The van der Waals surface area contributed by atoms with E-state index in [0.29, 0.717) is 0 Å². The highest BCUT2D eigenvalue weighted by Gasteiger charge is 2.34. The molecule has 0 saturated heterocycles. The van der Waals surface area contributed by atoms with Crippen molar-refractivity contribution in [3.8, 4) is 0 Å². The normalized spacial score (nSPS) is 23.9. The molecule has 0 aromatic carbocycles. The second-order valence-corrected chi connectivity index (χ2v) is 3.74. The lowest BCUT2D eigenvalue weighted by Gasteiger charge is -2.29. The second kappa shape index (κ2) is 6.37. The first-order valence-electron chi connectivity index (χ1n) is 5.14. The fourth-order valence-electron chi connectivity index (χ4n) is 1.07. The molecule has 0 aromatic heterocycles. The molecule has 0 aliphatic rings. The third-order valence-corrected chi connectivity index (χ3v) is 2.20. The lowest BCUT2D eigenvalue weighted by Crippen LogP contribution is -2.51. The molecule has 6 nitrogen and oxygen atoms in total. The van der Waals surface area contributed by atoms with E-state index >= 15 is 0 Å². The van der Waals surface area contributed by atoms with Crippen molar-refractivity contribution in [3.63, 3.8) is 0 Å². The maximum atomic E-state index is 9.48. The molecule has 0 aliphatic heterocycles. The smallest absolute Gasteiger partial charge is 0.111 e. The van der Waals surface area contributed by atoms with Crippen LogP contribution in [0.1, 0.15) is 15.2 Å². The van der Waals surface area contributed by atoms with Crippen molar-refractivity contribution in [1.29, 1.82) is 0 Å². The molecule has 0 fully saturated rings. The Morgan fingerprint density at radius 1 is 0.867 bits per heavy atom. The summed E-state index contributed by atoms with van der Waals surface area (Å²) in [5.41, 5.74) is 0. The number of hydrogen-bond acceptors (Lipinski definition) is 6. The van der Waals surface area contributed by atoms with Gasteiger partial charge in [0.2, 0.25) is 0 Å². The van der Waals surface area contributed by atoms with Crippen molar-refractivity contribution in [3.05, 3.63) is 0 Å². The van der Waals surface area contributed by atoms with Gasteiger partial charge in [-0.25, -0.2) is 0 Å². The van der Waals surface area contributed by atoms with Gasteiger partial charge in [-0.05, 0) is 5.89 Å². The number of aliphatic hydroxyl groups is 6. The molecule has 0 amide bonds. The second-order valence-electron chi connectivity index (χ2n) is 3.74. The Bertz CT molecular complexity index is 207. The maximum Gasteiger partial charge on any atom is 0.111 e. The van der Waals surface area contributed by atoms with Gasteiger partial charge >= 0.3 is 0 Å². The number of hydrogen-bond donors (Lipinski definition) is 6. The standard InChI is InChI=1S/C9H20O6/c1-4(2)6(12)8(14)9(15)7(13)5(11)3-10/h4-15H,3H2,1-2H3/t5-,6?,7-,8-,9+/m1/s1/i4D. The summed E-state index contributed by atoms with van der Waals surface area (Å²) in [6.07, 6.45) is -8.64. The van der Waals surface area contributed by atoms with Gasteiger partial charge in [0, 0.05) is 1.37 Å². The fraction of sp³-hybridized carbons (Fsp3) is 1.00. The third-order valence-electron chi connectivity index (χ3n) is 2.20. The van der Waals surface area contributed by atoms with E-state index in [4.69, 9.17) is 11.6 Å². The van der Waals surface area contributed by atoms with Crippen LogP contribution in [0.15, 0.2) is 0 Å². The molecule has 0 bridgehead atoms. The van der Waals surface area contributed by atoms with E-state index in [-0.39, 0.29) is 0 Å². The first kappa shape index (κ1) is 12.8. The summed E-state index contributed by atoms with van der Waals surface area (Å²) < 4.78 is 7.44. The quantitative estimate of drug-likeness (QED) is 0.296. The van der Waals surface area contributed by atoms with Crippen LogP contribution in [0.25, 0.3) is 0 Å². The fourth-order valence-corrected chi connectivity index (χ4v) is 1.07. The van der Waals surface area contributed by atoms with E-state index in [0.717, 1.165) is 0 Å². The van der Waals surface area contributed by atoms with E-state index in [1.807, 2.05) is 0 Å². The molecule has 6 heteroatoms. The van der Waals surface area contributed by atoms with Gasteiger partial charge in [0.1, 0.15) is 24.4 Å². The van der Waals surface area contributed by atoms with Gasteiger partial charge in [-0.2, -0.15) is 0 Å². The minimum atomic E-state index is -1.85. The Morgan fingerprint density at radius 3 is 1.60 bits per heavy atom. The Balaban J connectivity index is 4.55. The highest BCUT2D eigenvalue weighted by molar-refractivity contribution is 4.85. The molecule has 0 heterocycles. The van der Waals surface area contributed by atoms with Crippen LogP contribution in [-0.2, 0) is 0 Å². The van der Waals surface area contributed by atoms with Crippen LogP contribution in [0.3, 0.4) is 0 Å². The van der Waals surface area contributed by atoms with E-state index in [2.05, 4.69) is 0 Å². The van der Waals surface area contributed by atoms with E-state index < -0.39 is 43.0 Å². The summed E-state index contributed by atoms with van der Waals surface area (Å²) >= 11 is 0. The van der Waals surface area contributed by atoms with Gasteiger partial charge in [-0.1, -0.05) is 13.8 Å². The molecule has 0 saturated carbocycles. The summed E-state index contributed by atoms with van der Waals surface area (Å²) in [4.78, 5) is 0. The van der Waals surface area contributed by atoms with Crippen LogP contribution in [0.4, 0.5) is 0 Å². The van der Waals surface area contributed by atoms with Crippen molar-refractivity contribution >= 4 is 0 Å². The van der Waals surface area contributed by atoms with E-state index in [1.54, 1.807) is 0 Å². The van der Waals surface area contributed by atoms with Crippen LogP contribution in [-0.4, -0.2) is 67.8 Å². The average Bonchev–Trinajstić information content (AvgIpc) is 2.22. The monoisotopic (exact) mass is 225 g/mol. The SMILES string of the molecule is [2H]C(C)(C)C(O)[C@@H](O)[C@@H](O)[C@H](O)[C@H](O)CO. The first-order chi connectivity index (χ1) is 7.12. The van der Waals surface area contributed by atoms with Crippen LogP contribution in [0.5, 0.6) is 0 Å². The van der Waals surface area contributed by atoms with Crippen molar-refractivity contribution in [2.45, 2.75) is 44.4 Å². The lowest BCUT2D eigenvalue weighted by molar-refractivity contribution is -0.146. The van der Waals surface area contributed by atoms with Gasteiger partial charge in [0.15, 0.2) is 0 Å². The zero-order chi connectivity index (χ0) is 13.1. The van der Waals surface area contributed by atoms with Crippen LogP contribution in [0, 0.1) is 5.89 Å². The van der Waals surface area contributed by atoms with Gasteiger partial charge in [-0.3, -0.25) is 0 Å². The predicted molar refractivity (Wildman–Crippen MR) is 52.0 cm³/mol. The summed E-state index contributed by atoms with van der Waals surface area (Å²) in [5, 5.41) is 55.2. The third kappa shape index (κ3) is 4.02. The molecule has 1 unspecified atom stereocenters. The molecule has 0 aliphatic carbocycles. The van der Waals surface area contributed by atoms with Gasteiger partial charge in [-0.15, -0.1) is 0 Å². The average molecular weight is 225 g/mol. The minimum Gasteiger partial charge on any atom is -0.394 e. The number of aliphatic hydroxyl groups excluding tert-OH is 6. The highest BCUT2D eigenvalue weighted by atomic mass is 16.4. The number of rotatable bonds is 6. The molecule has 0 spiro atoms. The molecule has 15 heavy (non-hydrogen) atoms. The molecule has 6 N–H and O–H groups in total. The highest BCUT2D eigenvalue weighted by Crippen LogP contribution is 2.13. The zero-order valence-corrected chi connectivity index (χ0v) is 8.78. The molecule has 0 rings (SSSR count). The van der Waals surface area contributed by atoms with Crippen LogP contribution >= 0.6 is 0 Å². The van der Waals surface area contributed by atoms with Crippen molar-refractivity contribution in [2.75, 3.05) is 6.61 Å². The van der Waals surface area contributed by atoms with Crippen LogP contribution in [0.2, 0.25) is 0 Å². The lowest BCUT2D eigenvalue weighted by atomic mass is 9.93. The van der Waals surface area contributed by atoms with Gasteiger partial charge in [0.05, 0.1) is 12.7 Å². The van der Waals surface area contributed by atoms with Crippen molar-refractivity contribution in [2.24, 2.45) is 5.89 Å². The maximum absolute atomic E-state index is 9.48. The largest absolute Gasteiger partial charge is 0.394 e. The summed E-state index contributed by atoms with van der Waals surface area (Å²) in [5.74, 6) is -1.43. The molecule has 0 radical (unpaired) electrons. The summed E-state index contributed by atoms with van der Waals surface area (Å²) in [7, 11) is 0. The van der Waals surface area contributed by atoms with Gasteiger partial charge < -0.3 is 30.6 Å². The molecule has 92 valence electrons. The Kier molecular flexibility index (Phi) is 5.44. The van der Waals surface area contributed by atoms with Crippen molar-refractivity contribution in [1.82, 2.24) is 0 Å².